The third-order valence-electron chi connectivity index (χ3n) is 4.71. The number of pyridine rings is 1. The Morgan fingerprint density at radius 2 is 1.29 bits per heavy atom. The van der Waals surface area contributed by atoms with E-state index < -0.39 is 0 Å². The molecule has 2 saturated heterocycles. The molecule has 0 amide bonds. The summed E-state index contributed by atoms with van der Waals surface area (Å²) < 4.78 is 1.01. The quantitative estimate of drug-likeness (QED) is 0.804. The summed E-state index contributed by atoms with van der Waals surface area (Å²) in [5, 5.41) is 0. The average molecular weight is 389 g/mol. The summed E-state index contributed by atoms with van der Waals surface area (Å²) in [4.78, 5) is 20.5. The highest BCUT2D eigenvalue weighted by molar-refractivity contribution is 9.10. The predicted molar refractivity (Wildman–Crippen MR) is 99.8 cm³/mol. The van der Waals surface area contributed by atoms with E-state index >= 15 is 0 Å². The van der Waals surface area contributed by atoms with Gasteiger partial charge in [-0.05, 0) is 40.9 Å². The molecule has 2 aliphatic heterocycles. The molecule has 0 spiro atoms. The van der Waals surface area contributed by atoms with Crippen LogP contribution < -0.4 is 14.7 Å². The van der Waals surface area contributed by atoms with Crippen LogP contribution in [0.15, 0.2) is 35.2 Å². The lowest BCUT2D eigenvalue weighted by Gasteiger charge is -2.36. The van der Waals surface area contributed by atoms with E-state index in [9.17, 15) is 0 Å². The monoisotopic (exact) mass is 388 g/mol. The van der Waals surface area contributed by atoms with Crippen molar-refractivity contribution in [3.8, 4) is 0 Å². The van der Waals surface area contributed by atoms with E-state index in [2.05, 4.69) is 57.7 Å². The van der Waals surface area contributed by atoms with E-state index in [1.807, 2.05) is 12.3 Å². The maximum absolute atomic E-state index is 4.49. The lowest BCUT2D eigenvalue weighted by molar-refractivity contribution is 0.640. The smallest absolute Gasteiger partial charge is 0.134 e. The Hall–Kier alpha value is -1.89. The molecule has 0 bridgehead atoms. The summed E-state index contributed by atoms with van der Waals surface area (Å²) >= 11 is 3.44. The molecule has 2 aromatic heterocycles. The van der Waals surface area contributed by atoms with Crippen molar-refractivity contribution in [1.82, 2.24) is 15.0 Å². The van der Waals surface area contributed by atoms with Crippen LogP contribution in [-0.2, 0) is 0 Å². The Bertz CT molecular complexity index is 678. The summed E-state index contributed by atoms with van der Waals surface area (Å²) in [6.45, 7) is 6.04. The molecule has 0 N–H and O–H groups in total. The van der Waals surface area contributed by atoms with Gasteiger partial charge in [0, 0.05) is 56.0 Å². The molecule has 7 heteroatoms. The molecule has 126 valence electrons. The first-order valence-corrected chi connectivity index (χ1v) is 9.27. The van der Waals surface area contributed by atoms with Crippen molar-refractivity contribution in [3.05, 3.63) is 35.2 Å². The van der Waals surface area contributed by atoms with Gasteiger partial charge in [-0.2, -0.15) is 0 Å². The van der Waals surface area contributed by atoms with Crippen molar-refractivity contribution in [3.63, 3.8) is 0 Å². The molecule has 0 aromatic carbocycles. The molecule has 2 aromatic rings. The number of hydrogen-bond donors (Lipinski definition) is 0. The van der Waals surface area contributed by atoms with Crippen LogP contribution in [0.1, 0.15) is 12.8 Å². The van der Waals surface area contributed by atoms with E-state index in [-0.39, 0.29) is 0 Å². The van der Waals surface area contributed by atoms with Crippen LogP contribution in [0.4, 0.5) is 17.5 Å². The second kappa shape index (κ2) is 6.93. The van der Waals surface area contributed by atoms with Crippen LogP contribution in [0.25, 0.3) is 0 Å². The molecule has 0 atom stereocenters. The summed E-state index contributed by atoms with van der Waals surface area (Å²) in [7, 11) is 0. The zero-order valence-corrected chi connectivity index (χ0v) is 15.2. The first-order chi connectivity index (χ1) is 11.8. The number of piperazine rings is 1. The Morgan fingerprint density at radius 1 is 0.708 bits per heavy atom. The molecule has 2 aliphatic rings. The van der Waals surface area contributed by atoms with Gasteiger partial charge in [0.15, 0.2) is 0 Å². The third-order valence-corrected chi connectivity index (χ3v) is 5.18. The van der Waals surface area contributed by atoms with Gasteiger partial charge in [0.1, 0.15) is 23.8 Å². The molecule has 0 aliphatic carbocycles. The van der Waals surface area contributed by atoms with Gasteiger partial charge in [0.05, 0.1) is 0 Å². The van der Waals surface area contributed by atoms with Gasteiger partial charge in [-0.15, -0.1) is 0 Å². The Kier molecular flexibility index (Phi) is 4.51. The van der Waals surface area contributed by atoms with Crippen molar-refractivity contribution < 1.29 is 0 Å². The fourth-order valence-corrected chi connectivity index (χ4v) is 3.58. The molecular formula is C17H21BrN6. The fourth-order valence-electron chi connectivity index (χ4n) is 3.35. The van der Waals surface area contributed by atoms with Gasteiger partial charge >= 0.3 is 0 Å². The Morgan fingerprint density at radius 3 is 1.88 bits per heavy atom. The minimum absolute atomic E-state index is 0.953. The van der Waals surface area contributed by atoms with Crippen molar-refractivity contribution >= 4 is 33.4 Å². The Balaban J connectivity index is 1.42. The molecular weight excluding hydrogens is 368 g/mol. The van der Waals surface area contributed by atoms with Gasteiger partial charge in [-0.1, -0.05) is 0 Å². The number of hydrogen-bond acceptors (Lipinski definition) is 6. The summed E-state index contributed by atoms with van der Waals surface area (Å²) in [5.74, 6) is 3.14. The van der Waals surface area contributed by atoms with Crippen LogP contribution in [0.3, 0.4) is 0 Å². The van der Waals surface area contributed by atoms with Crippen LogP contribution in [0, 0.1) is 0 Å². The van der Waals surface area contributed by atoms with Crippen molar-refractivity contribution in [2.24, 2.45) is 0 Å². The first-order valence-electron chi connectivity index (χ1n) is 8.48. The van der Waals surface area contributed by atoms with Crippen molar-refractivity contribution in [2.75, 3.05) is 54.0 Å². The minimum Gasteiger partial charge on any atom is -0.356 e. The molecule has 4 rings (SSSR count). The zero-order valence-electron chi connectivity index (χ0n) is 13.6. The largest absolute Gasteiger partial charge is 0.356 e. The van der Waals surface area contributed by atoms with Crippen molar-refractivity contribution in [1.29, 1.82) is 0 Å². The number of halogens is 1. The highest BCUT2D eigenvalue weighted by atomic mass is 79.9. The van der Waals surface area contributed by atoms with E-state index in [1.165, 1.54) is 12.8 Å². The van der Waals surface area contributed by atoms with Gasteiger partial charge < -0.3 is 14.7 Å². The minimum atomic E-state index is 0.953. The zero-order chi connectivity index (χ0) is 16.4. The molecule has 0 unspecified atom stereocenters. The topological polar surface area (TPSA) is 48.4 Å². The molecule has 0 radical (unpaired) electrons. The van der Waals surface area contributed by atoms with Crippen LogP contribution >= 0.6 is 15.9 Å². The fraction of sp³-hybridized carbons (Fsp3) is 0.471. The molecule has 0 saturated carbocycles. The average Bonchev–Trinajstić information content (AvgIpc) is 3.17. The second-order valence-electron chi connectivity index (χ2n) is 6.24. The number of rotatable bonds is 3. The predicted octanol–water partition coefficient (Wildman–Crippen LogP) is 2.56. The first kappa shape index (κ1) is 15.6. The van der Waals surface area contributed by atoms with Gasteiger partial charge in [-0.3, -0.25) is 0 Å². The summed E-state index contributed by atoms with van der Waals surface area (Å²) in [6, 6.07) is 6.25. The number of nitrogens with zero attached hydrogens (tertiary/aromatic N) is 6. The lowest BCUT2D eigenvalue weighted by Crippen LogP contribution is -2.47. The van der Waals surface area contributed by atoms with Crippen LogP contribution in [0.5, 0.6) is 0 Å². The van der Waals surface area contributed by atoms with E-state index in [0.717, 1.165) is 61.2 Å². The maximum Gasteiger partial charge on any atom is 0.134 e. The van der Waals surface area contributed by atoms with E-state index in [4.69, 9.17) is 0 Å². The maximum atomic E-state index is 4.49. The Labute approximate surface area is 150 Å². The summed E-state index contributed by atoms with van der Waals surface area (Å²) in [5.41, 5.74) is 0. The molecule has 4 heterocycles. The van der Waals surface area contributed by atoms with Gasteiger partial charge in [0.25, 0.3) is 0 Å². The lowest BCUT2D eigenvalue weighted by atomic mass is 10.3. The second-order valence-corrected chi connectivity index (χ2v) is 7.15. The molecule has 6 nitrogen and oxygen atoms in total. The van der Waals surface area contributed by atoms with Crippen LogP contribution in [0.2, 0.25) is 0 Å². The van der Waals surface area contributed by atoms with E-state index in [0.29, 0.717) is 0 Å². The highest BCUT2D eigenvalue weighted by Crippen LogP contribution is 2.23. The van der Waals surface area contributed by atoms with Gasteiger partial charge in [0.2, 0.25) is 0 Å². The standard InChI is InChI=1S/C17H21BrN6/c18-14-3-4-15(19-12-14)23-7-9-24(10-8-23)17-11-16(20-13-21-17)22-5-1-2-6-22/h3-4,11-13H,1-2,5-10H2. The summed E-state index contributed by atoms with van der Waals surface area (Å²) in [6.07, 6.45) is 6.08. The van der Waals surface area contributed by atoms with E-state index in [1.54, 1.807) is 6.33 Å². The van der Waals surface area contributed by atoms with Crippen LogP contribution in [-0.4, -0.2) is 54.2 Å². The molecule has 2 fully saturated rings. The van der Waals surface area contributed by atoms with Crippen molar-refractivity contribution in [2.45, 2.75) is 12.8 Å². The number of aromatic nitrogens is 3. The normalized spacial score (nSPS) is 18.3. The molecule has 24 heavy (non-hydrogen) atoms. The third kappa shape index (κ3) is 3.31. The van der Waals surface area contributed by atoms with Gasteiger partial charge in [-0.25, -0.2) is 15.0 Å². The SMILES string of the molecule is Brc1ccc(N2CCN(c3cc(N4CCCC4)ncn3)CC2)nc1. The highest BCUT2D eigenvalue weighted by Gasteiger charge is 2.21. The number of anilines is 3.